The van der Waals surface area contributed by atoms with Crippen molar-refractivity contribution in [2.75, 3.05) is 6.61 Å². The first-order valence-corrected chi connectivity index (χ1v) is 5.06. The van der Waals surface area contributed by atoms with Crippen LogP contribution in [0, 0.1) is 5.82 Å². The molecule has 0 aliphatic rings. The molecule has 0 spiro atoms. The van der Waals surface area contributed by atoms with E-state index in [0.717, 1.165) is 0 Å². The molecule has 0 amide bonds. The number of hydrogen-bond donors (Lipinski definition) is 0. The number of pyridine rings is 1. The van der Waals surface area contributed by atoms with Gasteiger partial charge in [-0.2, -0.15) is 0 Å². The van der Waals surface area contributed by atoms with E-state index in [-0.39, 0.29) is 12.8 Å². The first-order valence-electron chi connectivity index (χ1n) is 5.06. The molecule has 0 atom stereocenters. The minimum absolute atomic E-state index is 0.157. The summed E-state index contributed by atoms with van der Waals surface area (Å²) in [6.45, 7) is 0.993. The largest absolute Gasteiger partial charge is 0.574 e. The van der Waals surface area contributed by atoms with Gasteiger partial charge in [0.2, 0.25) is 5.88 Å². The van der Waals surface area contributed by atoms with Crippen LogP contribution in [0.4, 0.5) is 26.3 Å². The number of hydrogen-bond acceptors (Lipinski definition) is 4. The fourth-order valence-electron chi connectivity index (χ4n) is 1.21. The number of esters is 1. The van der Waals surface area contributed by atoms with Crippen LogP contribution in [0.2, 0.25) is 0 Å². The van der Waals surface area contributed by atoms with Crippen LogP contribution >= 0.6 is 0 Å². The molecule has 0 aliphatic carbocycles. The number of carbonyl (C=O) groups is 1. The van der Waals surface area contributed by atoms with Gasteiger partial charge >= 0.3 is 12.3 Å². The minimum Gasteiger partial charge on any atom is -0.462 e. The number of carbonyl (C=O) groups excluding carboxylic acids is 1. The molecule has 1 heterocycles. The van der Waals surface area contributed by atoms with Gasteiger partial charge in [-0.25, -0.2) is 22.9 Å². The summed E-state index contributed by atoms with van der Waals surface area (Å²) in [6, 6.07) is 0. The number of ether oxygens (including phenoxy) is 2. The summed E-state index contributed by atoms with van der Waals surface area (Å²) < 4.78 is 82.4. The van der Waals surface area contributed by atoms with Crippen molar-refractivity contribution in [2.45, 2.75) is 19.7 Å². The zero-order valence-electron chi connectivity index (χ0n) is 9.80. The average Bonchev–Trinajstić information content (AvgIpc) is 2.26. The molecule has 1 aromatic heterocycles. The van der Waals surface area contributed by atoms with Crippen LogP contribution in [0.1, 0.15) is 29.3 Å². The first-order chi connectivity index (χ1) is 9.17. The molecule has 0 aliphatic heterocycles. The molecule has 1 rings (SSSR count). The predicted molar refractivity (Wildman–Crippen MR) is 51.8 cm³/mol. The maximum atomic E-state index is 13.7. The van der Waals surface area contributed by atoms with Crippen LogP contribution in [0.15, 0.2) is 6.20 Å². The SMILES string of the molecule is CCOC(=O)c1c(OC(F)(F)F)ncc(C(F)F)c1F. The summed E-state index contributed by atoms with van der Waals surface area (Å²) >= 11 is 0. The molecule has 0 fully saturated rings. The first kappa shape index (κ1) is 16.1. The third kappa shape index (κ3) is 3.75. The molecule has 0 aromatic carbocycles. The molecule has 0 bridgehead atoms. The second-order valence-corrected chi connectivity index (χ2v) is 3.28. The summed E-state index contributed by atoms with van der Waals surface area (Å²) in [5.74, 6) is -4.94. The molecule has 112 valence electrons. The van der Waals surface area contributed by atoms with E-state index in [1.165, 1.54) is 6.92 Å². The molecule has 1 aromatic rings. The Balaban J connectivity index is 3.37. The number of nitrogens with zero attached hydrogens (tertiary/aromatic N) is 1. The van der Waals surface area contributed by atoms with Gasteiger partial charge in [0.25, 0.3) is 6.43 Å². The predicted octanol–water partition coefficient (Wildman–Crippen LogP) is 3.23. The smallest absolute Gasteiger partial charge is 0.462 e. The maximum absolute atomic E-state index is 13.7. The number of rotatable bonds is 4. The van der Waals surface area contributed by atoms with Gasteiger partial charge in [0.05, 0.1) is 12.2 Å². The van der Waals surface area contributed by atoms with E-state index in [0.29, 0.717) is 0 Å². The van der Waals surface area contributed by atoms with Crippen molar-refractivity contribution in [2.24, 2.45) is 0 Å². The fourth-order valence-corrected chi connectivity index (χ4v) is 1.21. The quantitative estimate of drug-likeness (QED) is 0.633. The molecular formula is C10H7F6NO3. The van der Waals surface area contributed by atoms with E-state index in [4.69, 9.17) is 0 Å². The highest BCUT2D eigenvalue weighted by molar-refractivity contribution is 5.92. The summed E-state index contributed by atoms with van der Waals surface area (Å²) in [7, 11) is 0. The highest BCUT2D eigenvalue weighted by Gasteiger charge is 2.36. The molecule has 0 saturated carbocycles. The fraction of sp³-hybridized carbons (Fsp3) is 0.400. The standard InChI is InChI=1S/C10H7F6NO3/c1-2-19-9(18)5-6(11)4(7(12)13)3-17-8(5)20-10(14,15)16/h3,7H,2H2,1H3. The van der Waals surface area contributed by atoms with E-state index in [2.05, 4.69) is 14.5 Å². The van der Waals surface area contributed by atoms with Crippen LogP contribution in [0.5, 0.6) is 5.88 Å². The number of halogens is 6. The lowest BCUT2D eigenvalue weighted by Gasteiger charge is -2.13. The van der Waals surface area contributed by atoms with Crippen LogP contribution < -0.4 is 4.74 Å². The third-order valence-electron chi connectivity index (χ3n) is 1.93. The van der Waals surface area contributed by atoms with Gasteiger partial charge < -0.3 is 9.47 Å². The van der Waals surface area contributed by atoms with Gasteiger partial charge in [0, 0.05) is 6.20 Å². The van der Waals surface area contributed by atoms with E-state index >= 15 is 0 Å². The number of alkyl halides is 5. The van der Waals surface area contributed by atoms with Gasteiger partial charge in [-0.15, -0.1) is 13.2 Å². The van der Waals surface area contributed by atoms with Crippen LogP contribution in [0.25, 0.3) is 0 Å². The number of aromatic nitrogens is 1. The van der Waals surface area contributed by atoms with Crippen LogP contribution in [-0.2, 0) is 4.74 Å². The lowest BCUT2D eigenvalue weighted by Crippen LogP contribution is -2.22. The van der Waals surface area contributed by atoms with Gasteiger partial charge in [0.15, 0.2) is 11.4 Å². The maximum Gasteiger partial charge on any atom is 0.574 e. The van der Waals surface area contributed by atoms with Crippen LogP contribution in [-0.4, -0.2) is 23.9 Å². The molecule has 10 heteroatoms. The molecule has 4 nitrogen and oxygen atoms in total. The van der Waals surface area contributed by atoms with E-state index < -0.39 is 41.6 Å². The van der Waals surface area contributed by atoms with Crippen molar-refractivity contribution in [1.29, 1.82) is 0 Å². The highest BCUT2D eigenvalue weighted by Crippen LogP contribution is 2.31. The normalized spacial score (nSPS) is 11.6. The lowest BCUT2D eigenvalue weighted by atomic mass is 10.2. The van der Waals surface area contributed by atoms with E-state index in [1.54, 1.807) is 0 Å². The van der Waals surface area contributed by atoms with Crippen molar-refractivity contribution in [1.82, 2.24) is 4.98 Å². The van der Waals surface area contributed by atoms with E-state index in [9.17, 15) is 31.1 Å². The van der Waals surface area contributed by atoms with Crippen molar-refractivity contribution in [3.05, 3.63) is 23.1 Å². The molecule has 0 saturated heterocycles. The Morgan fingerprint density at radius 2 is 2.00 bits per heavy atom. The summed E-state index contributed by atoms with van der Waals surface area (Å²) in [5.41, 5.74) is -2.76. The van der Waals surface area contributed by atoms with Gasteiger partial charge in [-0.3, -0.25) is 0 Å². The molecule has 20 heavy (non-hydrogen) atoms. The summed E-state index contributed by atoms with van der Waals surface area (Å²) in [4.78, 5) is 14.2. The zero-order valence-corrected chi connectivity index (χ0v) is 9.80. The third-order valence-corrected chi connectivity index (χ3v) is 1.93. The second kappa shape index (κ2) is 5.97. The average molecular weight is 303 g/mol. The summed E-state index contributed by atoms with van der Waals surface area (Å²) in [5, 5.41) is 0. The topological polar surface area (TPSA) is 48.4 Å². The second-order valence-electron chi connectivity index (χ2n) is 3.28. The molecule has 0 N–H and O–H groups in total. The molecule has 0 radical (unpaired) electrons. The molecule has 0 unspecified atom stereocenters. The Bertz CT molecular complexity index is 503. The van der Waals surface area contributed by atoms with Gasteiger partial charge in [-0.1, -0.05) is 0 Å². The van der Waals surface area contributed by atoms with Crippen molar-refractivity contribution >= 4 is 5.97 Å². The van der Waals surface area contributed by atoms with Crippen molar-refractivity contribution in [3.63, 3.8) is 0 Å². The Hall–Kier alpha value is -2.00. The van der Waals surface area contributed by atoms with Gasteiger partial charge in [0.1, 0.15) is 0 Å². The molecular weight excluding hydrogens is 296 g/mol. The minimum atomic E-state index is -5.27. The Morgan fingerprint density at radius 1 is 1.40 bits per heavy atom. The van der Waals surface area contributed by atoms with Crippen LogP contribution in [0.3, 0.4) is 0 Å². The summed E-state index contributed by atoms with van der Waals surface area (Å²) in [6.07, 6.45) is -8.48. The Kier molecular flexibility index (Phi) is 4.79. The van der Waals surface area contributed by atoms with Gasteiger partial charge in [-0.05, 0) is 6.92 Å². The Morgan fingerprint density at radius 3 is 2.45 bits per heavy atom. The highest BCUT2D eigenvalue weighted by atomic mass is 19.4. The lowest BCUT2D eigenvalue weighted by molar-refractivity contribution is -0.276. The van der Waals surface area contributed by atoms with Crippen molar-refractivity contribution in [3.8, 4) is 5.88 Å². The monoisotopic (exact) mass is 303 g/mol. The van der Waals surface area contributed by atoms with E-state index in [1.807, 2.05) is 0 Å². The Labute approximate surface area is 108 Å². The van der Waals surface area contributed by atoms with Crippen molar-refractivity contribution < 1.29 is 40.6 Å². The zero-order chi connectivity index (χ0) is 15.5.